The van der Waals surface area contributed by atoms with Crippen LogP contribution >= 0.6 is 0 Å². The second-order valence-electron chi connectivity index (χ2n) is 4.18. The van der Waals surface area contributed by atoms with Gasteiger partial charge in [0.25, 0.3) is 0 Å². The van der Waals surface area contributed by atoms with Gasteiger partial charge in [0.1, 0.15) is 5.78 Å². The van der Waals surface area contributed by atoms with E-state index in [-0.39, 0.29) is 11.7 Å². The molecule has 2 unspecified atom stereocenters. The molecule has 2 rings (SSSR count). The van der Waals surface area contributed by atoms with Crippen LogP contribution in [0.5, 0.6) is 0 Å². The first-order valence-electron chi connectivity index (χ1n) is 4.96. The third kappa shape index (κ3) is 1.47. The van der Waals surface area contributed by atoms with Gasteiger partial charge in [-0.2, -0.15) is 0 Å². The van der Waals surface area contributed by atoms with Crippen LogP contribution in [0.2, 0.25) is 0 Å². The molecule has 1 heterocycles. The quantitative estimate of drug-likeness (QED) is 0.646. The smallest absolute Gasteiger partial charge is 0.226 e. The number of ketones is 1. The summed E-state index contributed by atoms with van der Waals surface area (Å²) < 4.78 is 0. The molecule has 0 aromatic heterocycles. The Morgan fingerprint density at radius 1 is 1.54 bits per heavy atom. The van der Waals surface area contributed by atoms with Crippen LogP contribution < -0.4 is 0 Å². The van der Waals surface area contributed by atoms with Gasteiger partial charge >= 0.3 is 0 Å². The number of hydrogen-bond acceptors (Lipinski definition) is 2. The van der Waals surface area contributed by atoms with Crippen molar-refractivity contribution in [3.05, 3.63) is 0 Å². The number of carbonyl (C=O) groups is 2. The normalized spacial score (nSPS) is 31.5. The SMILES string of the molecule is CC(=O)CCN1CC2CCC2C1=O. The molecular weight excluding hydrogens is 166 g/mol. The molecule has 1 saturated carbocycles. The standard InChI is InChI=1S/C10H15NO2/c1-7(12)4-5-11-6-8-2-3-9(8)10(11)13/h8-9H,2-6H2,1H3. The number of nitrogens with zero attached hydrogens (tertiary/aromatic N) is 1. The fourth-order valence-electron chi connectivity index (χ4n) is 2.21. The molecule has 1 aliphatic heterocycles. The minimum absolute atomic E-state index is 0.173. The zero-order chi connectivity index (χ0) is 9.42. The van der Waals surface area contributed by atoms with Crippen LogP contribution in [-0.4, -0.2) is 29.7 Å². The average molecular weight is 181 g/mol. The highest BCUT2D eigenvalue weighted by Crippen LogP contribution is 2.41. The van der Waals surface area contributed by atoms with Crippen molar-refractivity contribution in [1.29, 1.82) is 0 Å². The van der Waals surface area contributed by atoms with Gasteiger partial charge in [0, 0.05) is 25.4 Å². The fraction of sp³-hybridized carbons (Fsp3) is 0.800. The molecule has 0 bridgehead atoms. The van der Waals surface area contributed by atoms with E-state index in [0.29, 0.717) is 24.8 Å². The second-order valence-corrected chi connectivity index (χ2v) is 4.18. The molecule has 13 heavy (non-hydrogen) atoms. The van der Waals surface area contributed by atoms with Gasteiger partial charge in [-0.1, -0.05) is 0 Å². The third-order valence-corrected chi connectivity index (χ3v) is 3.24. The van der Waals surface area contributed by atoms with Crippen LogP contribution in [-0.2, 0) is 9.59 Å². The maximum absolute atomic E-state index is 11.6. The van der Waals surface area contributed by atoms with Gasteiger partial charge < -0.3 is 4.90 Å². The molecule has 72 valence electrons. The summed E-state index contributed by atoms with van der Waals surface area (Å²) in [6, 6.07) is 0. The van der Waals surface area contributed by atoms with Crippen molar-refractivity contribution in [3.63, 3.8) is 0 Å². The van der Waals surface area contributed by atoms with Crippen LogP contribution in [0.1, 0.15) is 26.2 Å². The molecule has 0 aromatic carbocycles. The Labute approximate surface area is 78.1 Å². The lowest BCUT2D eigenvalue weighted by molar-refractivity contribution is -0.132. The molecular formula is C10H15NO2. The van der Waals surface area contributed by atoms with E-state index in [1.807, 2.05) is 4.90 Å². The number of fused-ring (bicyclic) bond motifs is 1. The maximum atomic E-state index is 11.6. The summed E-state index contributed by atoms with van der Waals surface area (Å²) in [5.74, 6) is 1.39. The number of likely N-dealkylation sites (tertiary alicyclic amines) is 1. The summed E-state index contributed by atoms with van der Waals surface area (Å²) in [5.41, 5.74) is 0. The van der Waals surface area contributed by atoms with E-state index in [1.54, 1.807) is 6.92 Å². The molecule has 0 N–H and O–H groups in total. The Balaban J connectivity index is 1.87. The number of amides is 1. The Hall–Kier alpha value is -0.860. The lowest BCUT2D eigenvalue weighted by Crippen LogP contribution is -2.30. The molecule has 3 nitrogen and oxygen atoms in total. The zero-order valence-corrected chi connectivity index (χ0v) is 7.95. The Bertz CT molecular complexity index is 249. The number of hydrogen-bond donors (Lipinski definition) is 0. The third-order valence-electron chi connectivity index (χ3n) is 3.24. The predicted molar refractivity (Wildman–Crippen MR) is 48.1 cm³/mol. The van der Waals surface area contributed by atoms with E-state index in [2.05, 4.69) is 0 Å². The summed E-state index contributed by atoms with van der Waals surface area (Å²) in [6.45, 7) is 3.12. The van der Waals surface area contributed by atoms with E-state index < -0.39 is 0 Å². The van der Waals surface area contributed by atoms with E-state index in [0.717, 1.165) is 13.0 Å². The topological polar surface area (TPSA) is 37.4 Å². The summed E-state index contributed by atoms with van der Waals surface area (Å²) in [7, 11) is 0. The Kier molecular flexibility index (Phi) is 2.10. The van der Waals surface area contributed by atoms with Crippen LogP contribution in [0.15, 0.2) is 0 Å². The van der Waals surface area contributed by atoms with E-state index in [9.17, 15) is 9.59 Å². The van der Waals surface area contributed by atoms with Gasteiger partial charge in [0.2, 0.25) is 5.91 Å². The van der Waals surface area contributed by atoms with Crippen molar-refractivity contribution < 1.29 is 9.59 Å². The molecule has 0 aromatic rings. The number of rotatable bonds is 3. The first-order chi connectivity index (χ1) is 6.18. The summed E-state index contributed by atoms with van der Waals surface area (Å²) in [5, 5.41) is 0. The van der Waals surface area contributed by atoms with Gasteiger partial charge in [-0.05, 0) is 25.7 Å². The van der Waals surface area contributed by atoms with Crippen molar-refractivity contribution in [1.82, 2.24) is 4.90 Å². The van der Waals surface area contributed by atoms with Crippen molar-refractivity contribution in [2.45, 2.75) is 26.2 Å². The van der Waals surface area contributed by atoms with Gasteiger partial charge in [0.05, 0.1) is 0 Å². The molecule has 2 fully saturated rings. The van der Waals surface area contributed by atoms with Crippen LogP contribution in [0.25, 0.3) is 0 Å². The van der Waals surface area contributed by atoms with E-state index in [1.165, 1.54) is 6.42 Å². The first kappa shape index (κ1) is 8.73. The second kappa shape index (κ2) is 3.13. The van der Waals surface area contributed by atoms with Crippen molar-refractivity contribution >= 4 is 11.7 Å². The number of Topliss-reactive ketones (excluding diaryl/α,β-unsaturated/α-hetero) is 1. The van der Waals surface area contributed by atoms with E-state index in [4.69, 9.17) is 0 Å². The molecule has 3 heteroatoms. The largest absolute Gasteiger partial charge is 0.342 e. The van der Waals surface area contributed by atoms with Crippen molar-refractivity contribution in [3.8, 4) is 0 Å². The van der Waals surface area contributed by atoms with E-state index >= 15 is 0 Å². The van der Waals surface area contributed by atoms with Gasteiger partial charge in [0.15, 0.2) is 0 Å². The highest BCUT2D eigenvalue weighted by Gasteiger charge is 2.45. The predicted octanol–water partition coefficient (Wildman–Crippen LogP) is 0.834. The minimum atomic E-state index is 0.173. The molecule has 2 atom stereocenters. The molecule has 2 aliphatic rings. The van der Waals surface area contributed by atoms with Gasteiger partial charge in [-0.15, -0.1) is 0 Å². The summed E-state index contributed by atoms with van der Waals surface area (Å²) in [6.07, 6.45) is 2.79. The van der Waals surface area contributed by atoms with Crippen molar-refractivity contribution in [2.24, 2.45) is 11.8 Å². The van der Waals surface area contributed by atoms with Crippen LogP contribution in [0.4, 0.5) is 0 Å². The van der Waals surface area contributed by atoms with Crippen LogP contribution in [0.3, 0.4) is 0 Å². The average Bonchev–Trinajstić information content (AvgIpc) is 2.20. The number of carbonyl (C=O) groups excluding carboxylic acids is 2. The lowest BCUT2D eigenvalue weighted by atomic mass is 9.76. The van der Waals surface area contributed by atoms with Gasteiger partial charge in [-0.3, -0.25) is 9.59 Å². The van der Waals surface area contributed by atoms with Gasteiger partial charge in [-0.25, -0.2) is 0 Å². The maximum Gasteiger partial charge on any atom is 0.226 e. The first-order valence-corrected chi connectivity index (χ1v) is 4.96. The minimum Gasteiger partial charge on any atom is -0.342 e. The zero-order valence-electron chi connectivity index (χ0n) is 7.95. The summed E-state index contributed by atoms with van der Waals surface area (Å²) in [4.78, 5) is 24.2. The highest BCUT2D eigenvalue weighted by molar-refractivity contribution is 5.83. The molecule has 1 saturated heterocycles. The lowest BCUT2D eigenvalue weighted by Gasteiger charge is -2.25. The Morgan fingerprint density at radius 3 is 2.69 bits per heavy atom. The summed E-state index contributed by atoms with van der Waals surface area (Å²) >= 11 is 0. The van der Waals surface area contributed by atoms with Crippen molar-refractivity contribution in [2.75, 3.05) is 13.1 Å². The molecule has 1 amide bonds. The molecule has 0 spiro atoms. The van der Waals surface area contributed by atoms with Crippen LogP contribution in [0, 0.1) is 11.8 Å². The Morgan fingerprint density at radius 2 is 2.31 bits per heavy atom. The highest BCUT2D eigenvalue weighted by atomic mass is 16.2. The fourth-order valence-corrected chi connectivity index (χ4v) is 2.21. The monoisotopic (exact) mass is 181 g/mol. The molecule has 1 aliphatic carbocycles. The molecule has 0 radical (unpaired) electrons.